The second-order valence-electron chi connectivity index (χ2n) is 5.21. The van der Waals surface area contributed by atoms with E-state index in [0.717, 1.165) is 25.7 Å². The van der Waals surface area contributed by atoms with Crippen LogP contribution in [0, 0.1) is 10.1 Å². The van der Waals surface area contributed by atoms with Gasteiger partial charge in [0.15, 0.2) is 0 Å². The van der Waals surface area contributed by atoms with Crippen molar-refractivity contribution in [2.45, 2.75) is 44.3 Å². The molecule has 2 atom stereocenters. The third-order valence-corrected chi connectivity index (χ3v) is 3.82. The number of rotatable bonds is 5. The summed E-state index contributed by atoms with van der Waals surface area (Å²) in [5.41, 5.74) is 0.700. The van der Waals surface area contributed by atoms with E-state index in [1.54, 1.807) is 18.2 Å². The molecule has 3 N–H and O–H groups in total. The summed E-state index contributed by atoms with van der Waals surface area (Å²) in [4.78, 5) is 21.4. The van der Waals surface area contributed by atoms with Crippen LogP contribution in [-0.2, 0) is 6.54 Å². The van der Waals surface area contributed by atoms with Gasteiger partial charge < -0.3 is 15.7 Å². The van der Waals surface area contributed by atoms with Crippen LogP contribution in [0.15, 0.2) is 24.3 Å². The van der Waals surface area contributed by atoms with Gasteiger partial charge in [0, 0.05) is 30.3 Å². The Bertz CT molecular complexity index is 521. The third kappa shape index (κ3) is 4.16. The van der Waals surface area contributed by atoms with Crippen molar-refractivity contribution in [1.82, 2.24) is 10.6 Å². The molecule has 1 aliphatic carbocycles. The summed E-state index contributed by atoms with van der Waals surface area (Å²) in [7, 11) is 0. The zero-order chi connectivity index (χ0) is 15.2. The normalized spacial score (nSPS) is 21.7. The molecule has 21 heavy (non-hydrogen) atoms. The molecule has 7 nitrogen and oxygen atoms in total. The number of nitro benzene ring substituents is 1. The van der Waals surface area contributed by atoms with Crippen molar-refractivity contribution in [3.63, 3.8) is 0 Å². The van der Waals surface area contributed by atoms with Crippen LogP contribution in [0.4, 0.5) is 10.5 Å². The van der Waals surface area contributed by atoms with E-state index in [9.17, 15) is 14.9 Å². The molecule has 0 spiro atoms. The number of nitrogens with zero attached hydrogens (tertiary/aromatic N) is 1. The first-order valence-corrected chi connectivity index (χ1v) is 7.03. The quantitative estimate of drug-likeness (QED) is 0.570. The van der Waals surface area contributed by atoms with Gasteiger partial charge in [0.25, 0.3) is 5.69 Å². The Labute approximate surface area is 122 Å². The molecule has 0 aliphatic heterocycles. The maximum atomic E-state index is 11.0. The van der Waals surface area contributed by atoms with Crippen molar-refractivity contribution in [3.05, 3.63) is 39.9 Å². The number of nitro groups is 1. The standard InChI is InChI=1S/C14H19N3O4/c18-14(19)16-12-7-3-2-6-11(12)15-9-10-5-1-4-8-13(10)17(20)21/h1,4-5,8,11-12,15-16H,2-3,6-7,9H2,(H,18,19)/t11-,12-/m1/s1. The molecule has 1 aromatic carbocycles. The molecular formula is C14H19N3O4. The van der Waals surface area contributed by atoms with Crippen molar-refractivity contribution >= 4 is 11.8 Å². The maximum Gasteiger partial charge on any atom is 0.404 e. The molecule has 7 heteroatoms. The molecule has 114 valence electrons. The zero-order valence-corrected chi connectivity index (χ0v) is 11.6. The highest BCUT2D eigenvalue weighted by Gasteiger charge is 2.26. The lowest BCUT2D eigenvalue weighted by Crippen LogP contribution is -2.51. The summed E-state index contributed by atoms with van der Waals surface area (Å²) in [5.74, 6) is 0. The van der Waals surface area contributed by atoms with Crippen molar-refractivity contribution in [2.24, 2.45) is 0 Å². The van der Waals surface area contributed by atoms with Gasteiger partial charge in [-0.3, -0.25) is 10.1 Å². The van der Waals surface area contributed by atoms with Crippen LogP contribution in [0.5, 0.6) is 0 Å². The Morgan fingerprint density at radius 1 is 1.29 bits per heavy atom. The van der Waals surface area contributed by atoms with E-state index in [4.69, 9.17) is 5.11 Å². The number of para-hydroxylation sites is 1. The topological polar surface area (TPSA) is 104 Å². The van der Waals surface area contributed by atoms with Gasteiger partial charge in [0.2, 0.25) is 0 Å². The van der Waals surface area contributed by atoms with Crippen LogP contribution in [0.1, 0.15) is 31.2 Å². The van der Waals surface area contributed by atoms with Crippen molar-refractivity contribution in [1.29, 1.82) is 0 Å². The fraction of sp³-hybridized carbons (Fsp3) is 0.500. The lowest BCUT2D eigenvalue weighted by Gasteiger charge is -2.32. The van der Waals surface area contributed by atoms with Gasteiger partial charge in [-0.25, -0.2) is 4.79 Å². The van der Waals surface area contributed by atoms with Crippen molar-refractivity contribution in [3.8, 4) is 0 Å². The average Bonchev–Trinajstić information content (AvgIpc) is 2.46. The van der Waals surface area contributed by atoms with Crippen LogP contribution in [-0.4, -0.2) is 28.2 Å². The zero-order valence-electron chi connectivity index (χ0n) is 11.6. The Balaban J connectivity index is 2.00. The Kier molecular flexibility index (Phi) is 5.10. The molecule has 1 fully saturated rings. The SMILES string of the molecule is O=C(O)N[C@@H]1CCCC[C@H]1NCc1ccccc1[N+](=O)[O-]. The van der Waals surface area contributed by atoms with E-state index in [1.165, 1.54) is 6.07 Å². The number of carboxylic acid groups (broad SMARTS) is 1. The first-order chi connectivity index (χ1) is 10.1. The lowest BCUT2D eigenvalue weighted by atomic mass is 9.90. The highest BCUT2D eigenvalue weighted by molar-refractivity contribution is 5.65. The Morgan fingerprint density at radius 3 is 2.62 bits per heavy atom. The van der Waals surface area contributed by atoms with Gasteiger partial charge in [0.1, 0.15) is 0 Å². The fourth-order valence-corrected chi connectivity index (χ4v) is 2.79. The number of hydrogen-bond donors (Lipinski definition) is 3. The first-order valence-electron chi connectivity index (χ1n) is 7.03. The molecular weight excluding hydrogens is 274 g/mol. The number of hydrogen-bond acceptors (Lipinski definition) is 4. The molecule has 0 unspecified atom stereocenters. The summed E-state index contributed by atoms with van der Waals surface area (Å²) in [6.45, 7) is 0.361. The second kappa shape index (κ2) is 7.03. The largest absolute Gasteiger partial charge is 0.465 e. The molecule has 1 aromatic rings. The summed E-state index contributed by atoms with van der Waals surface area (Å²) in [5, 5.41) is 25.6. The molecule has 0 bridgehead atoms. The minimum absolute atomic E-state index is 0.00894. The number of carbonyl (C=O) groups is 1. The average molecular weight is 293 g/mol. The van der Waals surface area contributed by atoms with Gasteiger partial charge in [-0.2, -0.15) is 0 Å². The minimum atomic E-state index is -1.03. The third-order valence-electron chi connectivity index (χ3n) is 3.82. The molecule has 2 rings (SSSR count). The molecule has 0 radical (unpaired) electrons. The van der Waals surface area contributed by atoms with Crippen LogP contribution >= 0.6 is 0 Å². The molecule has 0 saturated heterocycles. The van der Waals surface area contributed by atoms with E-state index in [0.29, 0.717) is 12.1 Å². The van der Waals surface area contributed by atoms with Crippen LogP contribution in [0.25, 0.3) is 0 Å². The van der Waals surface area contributed by atoms with Crippen molar-refractivity contribution in [2.75, 3.05) is 0 Å². The van der Waals surface area contributed by atoms with E-state index in [-0.39, 0.29) is 17.8 Å². The highest BCUT2D eigenvalue weighted by atomic mass is 16.6. The summed E-state index contributed by atoms with van der Waals surface area (Å²) < 4.78 is 0. The Hall–Kier alpha value is -2.15. The predicted molar refractivity (Wildman–Crippen MR) is 77.1 cm³/mol. The second-order valence-corrected chi connectivity index (χ2v) is 5.21. The van der Waals surface area contributed by atoms with E-state index >= 15 is 0 Å². The van der Waals surface area contributed by atoms with Gasteiger partial charge in [-0.1, -0.05) is 31.0 Å². The molecule has 1 aliphatic rings. The summed E-state index contributed by atoms with van der Waals surface area (Å²) in [6, 6.07) is 6.46. The number of nitrogens with one attached hydrogen (secondary N) is 2. The first kappa shape index (κ1) is 15.2. The van der Waals surface area contributed by atoms with E-state index in [2.05, 4.69) is 10.6 Å². The summed E-state index contributed by atoms with van der Waals surface area (Å²) >= 11 is 0. The van der Waals surface area contributed by atoms with E-state index < -0.39 is 11.0 Å². The van der Waals surface area contributed by atoms with Gasteiger partial charge in [0.05, 0.1) is 4.92 Å². The van der Waals surface area contributed by atoms with Crippen LogP contribution < -0.4 is 10.6 Å². The van der Waals surface area contributed by atoms with Gasteiger partial charge >= 0.3 is 6.09 Å². The van der Waals surface area contributed by atoms with E-state index in [1.807, 2.05) is 0 Å². The molecule has 1 amide bonds. The maximum absolute atomic E-state index is 11.0. The molecule has 0 aromatic heterocycles. The molecule has 0 heterocycles. The summed E-state index contributed by atoms with van der Waals surface area (Å²) in [6.07, 6.45) is 2.66. The minimum Gasteiger partial charge on any atom is -0.465 e. The number of benzene rings is 1. The lowest BCUT2D eigenvalue weighted by molar-refractivity contribution is -0.385. The van der Waals surface area contributed by atoms with Crippen LogP contribution in [0.3, 0.4) is 0 Å². The smallest absolute Gasteiger partial charge is 0.404 e. The van der Waals surface area contributed by atoms with Crippen LogP contribution in [0.2, 0.25) is 0 Å². The Morgan fingerprint density at radius 2 is 1.95 bits per heavy atom. The van der Waals surface area contributed by atoms with Gasteiger partial charge in [-0.15, -0.1) is 0 Å². The van der Waals surface area contributed by atoms with Gasteiger partial charge in [-0.05, 0) is 12.8 Å². The van der Waals surface area contributed by atoms with Crippen molar-refractivity contribution < 1.29 is 14.8 Å². The predicted octanol–water partition coefficient (Wildman–Crippen LogP) is 2.26. The highest BCUT2D eigenvalue weighted by Crippen LogP contribution is 2.21. The number of amides is 1. The fourth-order valence-electron chi connectivity index (χ4n) is 2.79. The molecule has 1 saturated carbocycles. The monoisotopic (exact) mass is 293 g/mol.